The summed E-state index contributed by atoms with van der Waals surface area (Å²) < 4.78 is 22.5. The Kier molecular flexibility index (Phi) is 6.60. The summed E-state index contributed by atoms with van der Waals surface area (Å²) in [7, 11) is 0. The lowest BCUT2D eigenvalue weighted by Gasteiger charge is -2.16. The molecule has 0 aliphatic carbocycles. The molecule has 6 heteroatoms. The number of aliphatic hydroxyl groups excluding tert-OH is 1. The molecule has 2 aromatic rings. The van der Waals surface area contributed by atoms with Gasteiger partial charge in [0.1, 0.15) is 37.4 Å². The SMILES string of the molecule is O=C1COCc2ccccc2OCCOc2ccccc2COCC1O. The lowest BCUT2D eigenvalue weighted by molar-refractivity contribution is -0.135. The molecule has 1 aliphatic heterocycles. The fourth-order valence-electron chi connectivity index (χ4n) is 2.56. The number of para-hydroxylation sites is 2. The molecule has 1 aliphatic rings. The fraction of sp³-hybridized carbons (Fsp3) is 0.350. The zero-order valence-corrected chi connectivity index (χ0v) is 14.4. The van der Waals surface area contributed by atoms with Gasteiger partial charge in [-0.05, 0) is 12.1 Å². The van der Waals surface area contributed by atoms with E-state index in [1.807, 2.05) is 48.5 Å². The molecule has 0 fully saturated rings. The molecule has 0 bridgehead atoms. The van der Waals surface area contributed by atoms with E-state index in [4.69, 9.17) is 18.9 Å². The van der Waals surface area contributed by atoms with Crippen LogP contribution in [-0.4, -0.2) is 43.4 Å². The van der Waals surface area contributed by atoms with E-state index >= 15 is 0 Å². The van der Waals surface area contributed by atoms with Crippen LogP contribution in [0, 0.1) is 0 Å². The number of hydrogen-bond donors (Lipinski definition) is 1. The van der Waals surface area contributed by atoms with Gasteiger partial charge in [0.25, 0.3) is 0 Å². The van der Waals surface area contributed by atoms with Crippen LogP contribution in [0.1, 0.15) is 11.1 Å². The van der Waals surface area contributed by atoms with E-state index in [-0.39, 0.29) is 26.4 Å². The standard InChI is InChI=1S/C20H22O6/c21-17-13-23-11-15-5-1-3-7-19(15)25-9-10-26-20-8-4-2-6-16(20)12-24-14-18(17)22/h1-8,17,21H,9-14H2. The number of rotatable bonds is 0. The Hall–Kier alpha value is -2.41. The van der Waals surface area contributed by atoms with Crippen molar-refractivity contribution in [2.75, 3.05) is 26.4 Å². The van der Waals surface area contributed by atoms with Crippen LogP contribution in [0.25, 0.3) is 0 Å². The first-order chi connectivity index (χ1) is 12.7. The summed E-state index contributed by atoms with van der Waals surface area (Å²) in [6.07, 6.45) is -1.22. The first-order valence-electron chi connectivity index (χ1n) is 8.51. The Morgan fingerprint density at radius 2 is 1.31 bits per heavy atom. The van der Waals surface area contributed by atoms with Gasteiger partial charge >= 0.3 is 0 Å². The van der Waals surface area contributed by atoms with E-state index in [9.17, 15) is 9.90 Å². The van der Waals surface area contributed by atoms with Crippen LogP contribution in [0.4, 0.5) is 0 Å². The summed E-state index contributed by atoms with van der Waals surface area (Å²) in [6.45, 7) is 0.955. The summed E-state index contributed by atoms with van der Waals surface area (Å²) >= 11 is 0. The van der Waals surface area contributed by atoms with Crippen molar-refractivity contribution < 1.29 is 28.8 Å². The zero-order chi connectivity index (χ0) is 18.2. The van der Waals surface area contributed by atoms with Crippen LogP contribution < -0.4 is 9.47 Å². The molecule has 1 heterocycles. The number of benzene rings is 2. The normalized spacial score (nSPS) is 19.6. The molecule has 0 radical (unpaired) electrons. The summed E-state index contributed by atoms with van der Waals surface area (Å²) in [4.78, 5) is 12.0. The monoisotopic (exact) mass is 358 g/mol. The van der Waals surface area contributed by atoms with E-state index in [2.05, 4.69) is 0 Å². The summed E-state index contributed by atoms with van der Waals surface area (Å²) in [6, 6.07) is 15.0. The van der Waals surface area contributed by atoms with Gasteiger partial charge in [0, 0.05) is 11.1 Å². The third kappa shape index (κ3) is 5.05. The number of Topliss-reactive ketones (excluding diaryl/α,β-unsaturated/α-hetero) is 1. The summed E-state index contributed by atoms with van der Waals surface area (Å²) in [5.74, 6) is 0.966. The number of fused-ring (bicyclic) bond motifs is 2. The lowest BCUT2D eigenvalue weighted by Crippen LogP contribution is -2.29. The molecule has 6 nitrogen and oxygen atoms in total. The number of carbonyl (C=O) groups is 1. The molecule has 0 saturated heterocycles. The minimum atomic E-state index is -1.22. The average molecular weight is 358 g/mol. The van der Waals surface area contributed by atoms with Crippen molar-refractivity contribution in [2.24, 2.45) is 0 Å². The van der Waals surface area contributed by atoms with E-state index in [0.717, 1.165) is 11.1 Å². The largest absolute Gasteiger partial charge is 0.490 e. The molecular weight excluding hydrogens is 336 g/mol. The maximum Gasteiger partial charge on any atom is 0.189 e. The Bertz CT molecular complexity index is 730. The first kappa shape index (κ1) is 18.4. The van der Waals surface area contributed by atoms with Crippen LogP contribution in [0.3, 0.4) is 0 Å². The van der Waals surface area contributed by atoms with Gasteiger partial charge in [-0.3, -0.25) is 4.79 Å². The maximum absolute atomic E-state index is 12.0. The average Bonchev–Trinajstić information content (AvgIpc) is 2.66. The number of hydrogen-bond acceptors (Lipinski definition) is 6. The van der Waals surface area contributed by atoms with Crippen molar-refractivity contribution in [2.45, 2.75) is 19.3 Å². The van der Waals surface area contributed by atoms with E-state index in [1.54, 1.807) is 0 Å². The van der Waals surface area contributed by atoms with Crippen LogP contribution in [0.15, 0.2) is 48.5 Å². The lowest BCUT2D eigenvalue weighted by atomic mass is 10.2. The highest BCUT2D eigenvalue weighted by molar-refractivity contribution is 5.84. The zero-order valence-electron chi connectivity index (χ0n) is 14.4. The number of ketones is 1. The Balaban J connectivity index is 1.73. The van der Waals surface area contributed by atoms with Gasteiger partial charge in [-0.2, -0.15) is 0 Å². The van der Waals surface area contributed by atoms with Gasteiger partial charge in [0.2, 0.25) is 0 Å². The molecule has 0 amide bonds. The second-order valence-corrected chi connectivity index (χ2v) is 5.90. The van der Waals surface area contributed by atoms with Gasteiger partial charge in [0.15, 0.2) is 5.78 Å². The van der Waals surface area contributed by atoms with E-state index in [1.165, 1.54) is 0 Å². The summed E-state index contributed by atoms with van der Waals surface area (Å²) in [5.41, 5.74) is 1.68. The van der Waals surface area contributed by atoms with Gasteiger partial charge in [0.05, 0.1) is 19.8 Å². The van der Waals surface area contributed by atoms with Crippen LogP contribution in [0.5, 0.6) is 11.5 Å². The van der Waals surface area contributed by atoms with Crippen molar-refractivity contribution in [3.05, 3.63) is 59.7 Å². The van der Waals surface area contributed by atoms with Gasteiger partial charge in [-0.15, -0.1) is 0 Å². The maximum atomic E-state index is 12.0. The van der Waals surface area contributed by atoms with Crippen molar-refractivity contribution in [1.82, 2.24) is 0 Å². The van der Waals surface area contributed by atoms with Crippen molar-refractivity contribution in [3.8, 4) is 11.5 Å². The minimum absolute atomic E-state index is 0.0871. The van der Waals surface area contributed by atoms with Crippen molar-refractivity contribution >= 4 is 5.78 Å². The third-order valence-corrected chi connectivity index (χ3v) is 3.95. The minimum Gasteiger partial charge on any atom is -0.490 e. The highest BCUT2D eigenvalue weighted by Gasteiger charge is 2.16. The molecule has 0 spiro atoms. The topological polar surface area (TPSA) is 74.2 Å². The fourth-order valence-corrected chi connectivity index (χ4v) is 2.56. The predicted octanol–water partition coefficient (Wildman–Crippen LogP) is 2.12. The van der Waals surface area contributed by atoms with E-state index < -0.39 is 11.9 Å². The first-order valence-corrected chi connectivity index (χ1v) is 8.51. The van der Waals surface area contributed by atoms with Crippen LogP contribution in [0.2, 0.25) is 0 Å². The van der Waals surface area contributed by atoms with Gasteiger partial charge in [-0.25, -0.2) is 0 Å². The van der Waals surface area contributed by atoms with E-state index in [0.29, 0.717) is 24.7 Å². The molecule has 3 rings (SSSR count). The van der Waals surface area contributed by atoms with Crippen molar-refractivity contribution in [3.63, 3.8) is 0 Å². The summed E-state index contributed by atoms with van der Waals surface area (Å²) in [5, 5.41) is 9.92. The number of ether oxygens (including phenoxy) is 4. The molecule has 138 valence electrons. The van der Waals surface area contributed by atoms with Crippen LogP contribution in [-0.2, 0) is 27.5 Å². The predicted molar refractivity (Wildman–Crippen MR) is 94.2 cm³/mol. The molecule has 1 unspecified atom stereocenters. The molecule has 2 aromatic carbocycles. The third-order valence-electron chi connectivity index (χ3n) is 3.95. The second-order valence-electron chi connectivity index (χ2n) is 5.90. The number of aliphatic hydroxyl groups is 1. The van der Waals surface area contributed by atoms with Crippen LogP contribution >= 0.6 is 0 Å². The van der Waals surface area contributed by atoms with Gasteiger partial charge in [-0.1, -0.05) is 36.4 Å². The molecule has 0 aromatic heterocycles. The Labute approximate surface area is 152 Å². The molecular formula is C20H22O6. The second kappa shape index (κ2) is 9.33. The quantitative estimate of drug-likeness (QED) is 0.778. The molecule has 1 N–H and O–H groups in total. The number of carbonyl (C=O) groups excluding carboxylic acids is 1. The van der Waals surface area contributed by atoms with Crippen molar-refractivity contribution in [1.29, 1.82) is 0 Å². The molecule has 0 saturated carbocycles. The smallest absolute Gasteiger partial charge is 0.189 e. The Morgan fingerprint density at radius 3 is 1.92 bits per heavy atom. The molecule has 1 atom stereocenters. The highest BCUT2D eigenvalue weighted by Crippen LogP contribution is 2.21. The Morgan fingerprint density at radius 1 is 0.769 bits per heavy atom. The van der Waals surface area contributed by atoms with Gasteiger partial charge < -0.3 is 24.1 Å². The highest BCUT2D eigenvalue weighted by atomic mass is 16.5. The molecule has 26 heavy (non-hydrogen) atoms.